The Morgan fingerprint density at radius 3 is 2.53 bits per heavy atom. The van der Waals surface area contributed by atoms with Crippen LogP contribution in [0.25, 0.3) is 11.6 Å². The number of amides is 1. The molecule has 1 amide bonds. The molecule has 2 atom stereocenters. The van der Waals surface area contributed by atoms with Gasteiger partial charge in [0.1, 0.15) is 23.6 Å². The number of oxazole rings is 1. The van der Waals surface area contributed by atoms with Gasteiger partial charge in [-0.2, -0.15) is 0 Å². The van der Waals surface area contributed by atoms with E-state index in [-0.39, 0.29) is 24.4 Å². The van der Waals surface area contributed by atoms with E-state index in [0.717, 1.165) is 18.1 Å². The van der Waals surface area contributed by atoms with Crippen LogP contribution in [-0.2, 0) is 19.4 Å². The fraction of sp³-hybridized carbons (Fsp3) is 0.276. The van der Waals surface area contributed by atoms with Crippen LogP contribution < -0.4 is 10.6 Å². The minimum atomic E-state index is -1.05. The van der Waals surface area contributed by atoms with Gasteiger partial charge in [0.05, 0.1) is 18.3 Å². The Kier molecular flexibility index (Phi) is 8.93. The van der Waals surface area contributed by atoms with E-state index in [1.54, 1.807) is 19.1 Å². The van der Waals surface area contributed by atoms with Gasteiger partial charge in [0.15, 0.2) is 0 Å². The number of aliphatic hydroxyl groups excluding tert-OH is 1. The minimum absolute atomic E-state index is 0.0191. The van der Waals surface area contributed by atoms with Gasteiger partial charge in [0.2, 0.25) is 5.89 Å². The third kappa shape index (κ3) is 7.30. The molecule has 2 aromatic heterocycles. The SMILES string of the molecule is CCc1cccc(CNC[C@H](O)[C@H](Cc2cc(F)cc(F)c2)NC(=O)c2cc(C)nc(-c3ncco3)c2)c1. The Bertz CT molecular complexity index is 1360. The van der Waals surface area contributed by atoms with Gasteiger partial charge in [-0.15, -0.1) is 0 Å². The number of hydrogen-bond donors (Lipinski definition) is 3. The van der Waals surface area contributed by atoms with Crippen LogP contribution in [0.2, 0.25) is 0 Å². The summed E-state index contributed by atoms with van der Waals surface area (Å²) in [5.41, 5.74) is 3.84. The van der Waals surface area contributed by atoms with E-state index in [2.05, 4.69) is 39.7 Å². The summed E-state index contributed by atoms with van der Waals surface area (Å²) in [5, 5.41) is 17.1. The highest BCUT2D eigenvalue weighted by molar-refractivity contribution is 5.95. The molecule has 2 aromatic carbocycles. The lowest BCUT2D eigenvalue weighted by Gasteiger charge is -2.25. The highest BCUT2D eigenvalue weighted by Crippen LogP contribution is 2.18. The van der Waals surface area contributed by atoms with Crippen molar-refractivity contribution in [2.45, 2.75) is 45.4 Å². The molecule has 0 saturated carbocycles. The Hall–Kier alpha value is -3.95. The molecule has 0 bridgehead atoms. The minimum Gasteiger partial charge on any atom is -0.443 e. The maximum atomic E-state index is 13.9. The van der Waals surface area contributed by atoms with Crippen LogP contribution in [0.1, 0.15) is 39.7 Å². The molecule has 3 N–H and O–H groups in total. The van der Waals surface area contributed by atoms with Crippen molar-refractivity contribution >= 4 is 5.91 Å². The summed E-state index contributed by atoms with van der Waals surface area (Å²) in [6.45, 7) is 4.49. The quantitative estimate of drug-likeness (QED) is 0.272. The molecular formula is C29H30F2N4O3. The third-order valence-electron chi connectivity index (χ3n) is 6.11. The topological polar surface area (TPSA) is 100 Å². The molecule has 4 aromatic rings. The first-order valence-electron chi connectivity index (χ1n) is 12.4. The second-order valence-electron chi connectivity index (χ2n) is 9.15. The van der Waals surface area contributed by atoms with Gasteiger partial charge >= 0.3 is 0 Å². The van der Waals surface area contributed by atoms with Crippen LogP contribution >= 0.6 is 0 Å². The lowest BCUT2D eigenvalue weighted by Crippen LogP contribution is -2.48. The lowest BCUT2D eigenvalue weighted by molar-refractivity contribution is 0.0829. The maximum Gasteiger partial charge on any atom is 0.251 e. The Morgan fingerprint density at radius 1 is 1.05 bits per heavy atom. The zero-order valence-electron chi connectivity index (χ0n) is 21.2. The number of halogens is 2. The fourth-order valence-electron chi connectivity index (χ4n) is 4.24. The van der Waals surface area contributed by atoms with Crippen LogP contribution in [0.3, 0.4) is 0 Å². The molecule has 38 heavy (non-hydrogen) atoms. The molecule has 0 fully saturated rings. The van der Waals surface area contributed by atoms with Crippen molar-refractivity contribution in [3.63, 3.8) is 0 Å². The first kappa shape index (κ1) is 27.1. The first-order chi connectivity index (χ1) is 18.3. The molecular weight excluding hydrogens is 490 g/mol. The van der Waals surface area contributed by atoms with Crippen molar-refractivity contribution in [2.24, 2.45) is 0 Å². The predicted octanol–water partition coefficient (Wildman–Crippen LogP) is 4.38. The average molecular weight is 521 g/mol. The van der Waals surface area contributed by atoms with E-state index in [1.165, 1.54) is 30.2 Å². The van der Waals surface area contributed by atoms with Crippen LogP contribution in [-0.4, -0.2) is 39.7 Å². The van der Waals surface area contributed by atoms with Crippen molar-refractivity contribution < 1.29 is 23.1 Å². The molecule has 0 aliphatic carbocycles. The number of carbonyl (C=O) groups is 1. The standard InChI is InChI=1S/C29H30F2N4O3/c1-3-19-5-4-6-20(10-19)16-32-17-27(36)25(13-21-11-23(30)15-24(31)12-21)35-28(37)22-9-18(2)34-26(14-22)29-33-7-8-38-29/h4-12,14-15,25,27,32,36H,3,13,16-17H2,1-2H3,(H,35,37)/t25-,27-/m0/s1. The van der Waals surface area contributed by atoms with Gasteiger partial charge in [-0.25, -0.2) is 18.7 Å². The molecule has 4 rings (SSSR count). The first-order valence-corrected chi connectivity index (χ1v) is 12.4. The average Bonchev–Trinajstić information content (AvgIpc) is 3.43. The number of nitrogens with one attached hydrogen (secondary N) is 2. The van der Waals surface area contributed by atoms with Crippen LogP contribution in [0.4, 0.5) is 8.78 Å². The Labute approximate surface area is 220 Å². The third-order valence-corrected chi connectivity index (χ3v) is 6.11. The highest BCUT2D eigenvalue weighted by Gasteiger charge is 2.24. The molecule has 0 spiro atoms. The monoisotopic (exact) mass is 520 g/mol. The van der Waals surface area contributed by atoms with E-state index in [9.17, 15) is 18.7 Å². The van der Waals surface area contributed by atoms with E-state index in [4.69, 9.17) is 4.42 Å². The van der Waals surface area contributed by atoms with Gasteiger partial charge < -0.3 is 20.2 Å². The van der Waals surface area contributed by atoms with Gasteiger partial charge in [-0.3, -0.25) is 4.79 Å². The fourth-order valence-corrected chi connectivity index (χ4v) is 4.24. The normalized spacial score (nSPS) is 12.8. The second-order valence-corrected chi connectivity index (χ2v) is 9.15. The zero-order chi connectivity index (χ0) is 27.1. The molecule has 0 aliphatic rings. The largest absolute Gasteiger partial charge is 0.443 e. The molecule has 0 aliphatic heterocycles. The van der Waals surface area contributed by atoms with Crippen LogP contribution in [0, 0.1) is 18.6 Å². The molecule has 2 heterocycles. The highest BCUT2D eigenvalue weighted by atomic mass is 19.1. The summed E-state index contributed by atoms with van der Waals surface area (Å²) in [7, 11) is 0. The number of aryl methyl sites for hydroxylation is 2. The molecule has 198 valence electrons. The smallest absolute Gasteiger partial charge is 0.251 e. The Balaban J connectivity index is 1.51. The van der Waals surface area contributed by atoms with Crippen molar-refractivity contribution in [1.82, 2.24) is 20.6 Å². The number of carbonyl (C=O) groups excluding carboxylic acids is 1. The molecule has 0 unspecified atom stereocenters. The Morgan fingerprint density at radius 2 is 1.82 bits per heavy atom. The summed E-state index contributed by atoms with van der Waals surface area (Å²) in [5.74, 6) is -1.66. The van der Waals surface area contributed by atoms with Gasteiger partial charge in [-0.05, 0) is 60.7 Å². The van der Waals surface area contributed by atoms with Crippen molar-refractivity contribution in [2.75, 3.05) is 6.54 Å². The van der Waals surface area contributed by atoms with E-state index >= 15 is 0 Å². The summed E-state index contributed by atoms with van der Waals surface area (Å²) in [6.07, 6.45) is 2.78. The molecule has 0 saturated heterocycles. The lowest BCUT2D eigenvalue weighted by atomic mass is 10.00. The van der Waals surface area contributed by atoms with Gasteiger partial charge in [-0.1, -0.05) is 31.2 Å². The van der Waals surface area contributed by atoms with E-state index in [1.807, 2.05) is 12.1 Å². The number of pyridine rings is 1. The summed E-state index contributed by atoms with van der Waals surface area (Å²) in [6, 6.07) is 13.6. The van der Waals surface area contributed by atoms with Crippen LogP contribution in [0.5, 0.6) is 0 Å². The number of hydrogen-bond acceptors (Lipinski definition) is 6. The second kappa shape index (κ2) is 12.5. The number of nitrogens with zero attached hydrogens (tertiary/aromatic N) is 2. The number of aromatic nitrogens is 2. The number of aliphatic hydroxyl groups is 1. The van der Waals surface area contributed by atoms with Crippen LogP contribution in [0.15, 0.2) is 71.5 Å². The van der Waals surface area contributed by atoms with E-state index < -0.39 is 29.7 Å². The molecule has 9 heteroatoms. The van der Waals surface area contributed by atoms with Gasteiger partial charge in [0.25, 0.3) is 5.91 Å². The zero-order valence-corrected chi connectivity index (χ0v) is 21.2. The van der Waals surface area contributed by atoms with Crippen molar-refractivity contribution in [1.29, 1.82) is 0 Å². The van der Waals surface area contributed by atoms with Gasteiger partial charge in [0, 0.05) is 30.4 Å². The number of rotatable bonds is 11. The van der Waals surface area contributed by atoms with E-state index in [0.29, 0.717) is 23.5 Å². The summed E-state index contributed by atoms with van der Waals surface area (Å²) < 4.78 is 33.0. The molecule has 7 nitrogen and oxygen atoms in total. The van der Waals surface area contributed by atoms with Crippen molar-refractivity contribution in [3.05, 3.63) is 107 Å². The molecule has 0 radical (unpaired) electrons. The van der Waals surface area contributed by atoms with Crippen molar-refractivity contribution in [3.8, 4) is 11.6 Å². The summed E-state index contributed by atoms with van der Waals surface area (Å²) >= 11 is 0. The maximum absolute atomic E-state index is 13.9. The summed E-state index contributed by atoms with van der Waals surface area (Å²) in [4.78, 5) is 21.7. The number of benzene rings is 2. The predicted molar refractivity (Wildman–Crippen MR) is 139 cm³/mol.